The summed E-state index contributed by atoms with van der Waals surface area (Å²) in [5.74, 6) is 0. The van der Waals surface area contributed by atoms with Gasteiger partial charge in [0.1, 0.15) is 0 Å². The molecule has 82 valence electrons. The van der Waals surface area contributed by atoms with Crippen molar-refractivity contribution in [2.24, 2.45) is 0 Å². The van der Waals surface area contributed by atoms with Gasteiger partial charge >= 0.3 is 0 Å². The summed E-state index contributed by atoms with van der Waals surface area (Å²) in [4.78, 5) is 1.28. The molecule has 0 unspecified atom stereocenters. The first-order chi connectivity index (χ1) is 7.25. The molecule has 1 N–H and O–H groups in total. The molecule has 0 aromatic heterocycles. The van der Waals surface area contributed by atoms with Gasteiger partial charge in [0.2, 0.25) is 0 Å². The molecule has 15 heavy (non-hydrogen) atoms. The zero-order valence-electron chi connectivity index (χ0n) is 9.15. The average molecular weight is 222 g/mol. The van der Waals surface area contributed by atoms with Gasteiger partial charge < -0.3 is 5.11 Å². The van der Waals surface area contributed by atoms with Crippen molar-refractivity contribution in [1.82, 2.24) is 0 Å². The van der Waals surface area contributed by atoms with Crippen LogP contribution in [0.25, 0.3) is 0 Å². The van der Waals surface area contributed by atoms with Crippen LogP contribution in [0.1, 0.15) is 31.2 Å². The molecule has 2 rings (SSSR count). The van der Waals surface area contributed by atoms with Crippen molar-refractivity contribution in [2.75, 3.05) is 0 Å². The smallest absolute Gasteiger partial charge is 0.0662 e. The molecule has 0 spiro atoms. The van der Waals surface area contributed by atoms with Gasteiger partial charge in [-0.05, 0) is 31.9 Å². The minimum absolute atomic E-state index is 0.106. The summed E-state index contributed by atoms with van der Waals surface area (Å²) in [5, 5.41) is 10.3. The van der Waals surface area contributed by atoms with Crippen molar-refractivity contribution < 1.29 is 5.11 Å². The Labute approximate surface area is 95.9 Å². The van der Waals surface area contributed by atoms with Crippen LogP contribution in [-0.4, -0.2) is 16.5 Å². The second-order valence-corrected chi connectivity index (χ2v) is 5.63. The van der Waals surface area contributed by atoms with Gasteiger partial charge in [-0.3, -0.25) is 0 Å². The Hall–Kier alpha value is -0.470. The maximum absolute atomic E-state index is 9.86. The SMILES string of the molecule is Cc1ccc(S[C@H]2CCCC[C@@H]2O)cc1. The Balaban J connectivity index is 1.98. The van der Waals surface area contributed by atoms with Gasteiger partial charge in [-0.1, -0.05) is 30.5 Å². The Kier molecular flexibility index (Phi) is 3.71. The molecule has 1 aromatic carbocycles. The first-order valence-corrected chi connectivity index (χ1v) is 6.55. The summed E-state index contributed by atoms with van der Waals surface area (Å²) < 4.78 is 0. The van der Waals surface area contributed by atoms with Crippen LogP contribution in [0.3, 0.4) is 0 Å². The Bertz CT molecular complexity index is 307. The van der Waals surface area contributed by atoms with Crippen LogP contribution in [0.2, 0.25) is 0 Å². The number of rotatable bonds is 2. The van der Waals surface area contributed by atoms with E-state index >= 15 is 0 Å². The van der Waals surface area contributed by atoms with Crippen LogP contribution in [0.4, 0.5) is 0 Å². The van der Waals surface area contributed by atoms with E-state index in [-0.39, 0.29) is 6.10 Å². The highest BCUT2D eigenvalue weighted by Crippen LogP contribution is 2.33. The zero-order chi connectivity index (χ0) is 10.7. The molecule has 1 aliphatic carbocycles. The largest absolute Gasteiger partial charge is 0.392 e. The van der Waals surface area contributed by atoms with Crippen molar-refractivity contribution in [1.29, 1.82) is 0 Å². The predicted octanol–water partition coefficient (Wildman–Crippen LogP) is 3.39. The lowest BCUT2D eigenvalue weighted by Gasteiger charge is -2.26. The van der Waals surface area contributed by atoms with Crippen molar-refractivity contribution in [3.63, 3.8) is 0 Å². The van der Waals surface area contributed by atoms with Crippen LogP contribution in [0.5, 0.6) is 0 Å². The molecular weight excluding hydrogens is 204 g/mol. The molecule has 1 saturated carbocycles. The van der Waals surface area contributed by atoms with E-state index in [9.17, 15) is 5.11 Å². The molecule has 1 aliphatic rings. The third kappa shape index (κ3) is 2.99. The molecular formula is C13H18OS. The number of aliphatic hydroxyl groups is 1. The topological polar surface area (TPSA) is 20.2 Å². The molecule has 2 heteroatoms. The van der Waals surface area contributed by atoms with Crippen LogP contribution in [0, 0.1) is 6.92 Å². The molecule has 0 aliphatic heterocycles. The fourth-order valence-electron chi connectivity index (χ4n) is 2.01. The van der Waals surface area contributed by atoms with E-state index in [1.54, 1.807) is 0 Å². The molecule has 0 saturated heterocycles. The van der Waals surface area contributed by atoms with Crippen LogP contribution < -0.4 is 0 Å². The van der Waals surface area contributed by atoms with Crippen molar-refractivity contribution in [3.05, 3.63) is 29.8 Å². The molecule has 1 nitrogen and oxygen atoms in total. The normalized spacial score (nSPS) is 26.5. The third-order valence-corrected chi connectivity index (χ3v) is 4.37. The van der Waals surface area contributed by atoms with Gasteiger partial charge in [0.05, 0.1) is 6.10 Å². The summed E-state index contributed by atoms with van der Waals surface area (Å²) in [5.41, 5.74) is 1.29. The highest BCUT2D eigenvalue weighted by molar-refractivity contribution is 8.00. The van der Waals surface area contributed by atoms with E-state index in [0.29, 0.717) is 5.25 Å². The Morgan fingerprint density at radius 1 is 1.13 bits per heavy atom. The minimum atomic E-state index is -0.106. The third-order valence-electron chi connectivity index (χ3n) is 2.98. The number of hydrogen-bond donors (Lipinski definition) is 1. The molecule has 0 bridgehead atoms. The average Bonchev–Trinajstić information content (AvgIpc) is 2.25. The van der Waals surface area contributed by atoms with Crippen LogP contribution in [-0.2, 0) is 0 Å². The quantitative estimate of drug-likeness (QED) is 0.827. The first-order valence-electron chi connectivity index (χ1n) is 5.67. The standard InChI is InChI=1S/C13H18OS/c1-10-6-8-11(9-7-10)15-13-5-3-2-4-12(13)14/h6-9,12-14H,2-5H2,1H3/t12-,13-/m0/s1. The van der Waals surface area contributed by atoms with Crippen molar-refractivity contribution >= 4 is 11.8 Å². The summed E-state index contributed by atoms with van der Waals surface area (Å²) in [6.45, 7) is 2.10. The predicted molar refractivity (Wildman–Crippen MR) is 65.3 cm³/mol. The number of aliphatic hydroxyl groups excluding tert-OH is 1. The number of hydrogen-bond acceptors (Lipinski definition) is 2. The van der Waals surface area contributed by atoms with Crippen LogP contribution >= 0.6 is 11.8 Å². The van der Waals surface area contributed by atoms with E-state index in [0.717, 1.165) is 12.8 Å². The molecule has 0 heterocycles. The molecule has 1 fully saturated rings. The van der Waals surface area contributed by atoms with E-state index in [4.69, 9.17) is 0 Å². The lowest BCUT2D eigenvalue weighted by molar-refractivity contribution is 0.137. The lowest BCUT2D eigenvalue weighted by Crippen LogP contribution is -2.26. The second-order valence-electron chi connectivity index (χ2n) is 4.32. The number of thioether (sulfide) groups is 1. The molecule has 1 aromatic rings. The highest BCUT2D eigenvalue weighted by atomic mass is 32.2. The van der Waals surface area contributed by atoms with Crippen molar-refractivity contribution in [2.45, 2.75) is 48.9 Å². The van der Waals surface area contributed by atoms with Gasteiger partial charge in [0, 0.05) is 10.1 Å². The summed E-state index contributed by atoms with van der Waals surface area (Å²) in [6, 6.07) is 8.58. The monoisotopic (exact) mass is 222 g/mol. The van der Waals surface area contributed by atoms with Crippen LogP contribution in [0.15, 0.2) is 29.2 Å². The van der Waals surface area contributed by atoms with Gasteiger partial charge in [-0.15, -0.1) is 11.8 Å². The van der Waals surface area contributed by atoms with Gasteiger partial charge in [-0.2, -0.15) is 0 Å². The summed E-state index contributed by atoms with van der Waals surface area (Å²) in [7, 11) is 0. The van der Waals surface area contributed by atoms with E-state index in [1.165, 1.54) is 23.3 Å². The van der Waals surface area contributed by atoms with Gasteiger partial charge in [0.25, 0.3) is 0 Å². The second kappa shape index (κ2) is 5.04. The van der Waals surface area contributed by atoms with E-state index in [1.807, 2.05) is 11.8 Å². The molecule has 0 amide bonds. The van der Waals surface area contributed by atoms with E-state index in [2.05, 4.69) is 31.2 Å². The number of benzene rings is 1. The molecule has 0 radical (unpaired) electrons. The summed E-state index contributed by atoms with van der Waals surface area (Å²) >= 11 is 1.83. The summed E-state index contributed by atoms with van der Waals surface area (Å²) in [6.07, 6.45) is 4.47. The Morgan fingerprint density at radius 2 is 1.80 bits per heavy atom. The maximum Gasteiger partial charge on any atom is 0.0662 e. The minimum Gasteiger partial charge on any atom is -0.392 e. The lowest BCUT2D eigenvalue weighted by atomic mass is 9.97. The number of aryl methyl sites for hydroxylation is 1. The van der Waals surface area contributed by atoms with Gasteiger partial charge in [-0.25, -0.2) is 0 Å². The molecule has 2 atom stereocenters. The highest BCUT2D eigenvalue weighted by Gasteiger charge is 2.23. The first kappa shape index (κ1) is 11.0. The van der Waals surface area contributed by atoms with Gasteiger partial charge in [0.15, 0.2) is 0 Å². The maximum atomic E-state index is 9.86. The van der Waals surface area contributed by atoms with E-state index < -0.39 is 0 Å². The fraction of sp³-hybridized carbons (Fsp3) is 0.538. The zero-order valence-corrected chi connectivity index (χ0v) is 9.96. The Morgan fingerprint density at radius 3 is 2.47 bits per heavy atom. The van der Waals surface area contributed by atoms with Crippen molar-refractivity contribution in [3.8, 4) is 0 Å². The fourth-order valence-corrected chi connectivity index (χ4v) is 3.23.